The second-order valence-electron chi connectivity index (χ2n) is 5.86. The molecule has 0 aliphatic rings. The van der Waals surface area contributed by atoms with Gasteiger partial charge in [0.2, 0.25) is 0 Å². The summed E-state index contributed by atoms with van der Waals surface area (Å²) in [4.78, 5) is 14.3. The van der Waals surface area contributed by atoms with E-state index in [0.29, 0.717) is 12.2 Å². The third-order valence-corrected chi connectivity index (χ3v) is 3.93. The average Bonchev–Trinajstić information content (AvgIpc) is 2.55. The molecule has 0 saturated heterocycles. The minimum Gasteiger partial charge on any atom is -0.299 e. The SMILES string of the molecule is CCC(=O)C(C)CN(Cc1ccccc1)Cc1ccccc1. The Morgan fingerprint density at radius 2 is 1.36 bits per heavy atom. The quantitative estimate of drug-likeness (QED) is 0.723. The molecule has 0 spiro atoms. The third-order valence-electron chi connectivity index (χ3n) is 3.93. The van der Waals surface area contributed by atoms with Crippen molar-refractivity contribution < 1.29 is 4.79 Å². The van der Waals surface area contributed by atoms with Gasteiger partial charge in [0.1, 0.15) is 5.78 Å². The van der Waals surface area contributed by atoms with Crippen LogP contribution < -0.4 is 0 Å². The van der Waals surface area contributed by atoms with Gasteiger partial charge in [-0.25, -0.2) is 0 Å². The molecule has 0 aliphatic carbocycles. The molecule has 2 aromatic rings. The monoisotopic (exact) mass is 295 g/mol. The number of hydrogen-bond acceptors (Lipinski definition) is 2. The molecule has 2 heteroatoms. The van der Waals surface area contributed by atoms with Crippen molar-refractivity contribution in [2.24, 2.45) is 5.92 Å². The van der Waals surface area contributed by atoms with Gasteiger partial charge >= 0.3 is 0 Å². The van der Waals surface area contributed by atoms with Gasteiger partial charge in [0, 0.05) is 32.0 Å². The molecule has 0 fully saturated rings. The molecular weight excluding hydrogens is 270 g/mol. The number of Topliss-reactive ketones (excluding diaryl/α,β-unsaturated/α-hetero) is 1. The van der Waals surface area contributed by atoms with Crippen molar-refractivity contribution in [3.63, 3.8) is 0 Å². The summed E-state index contributed by atoms with van der Waals surface area (Å²) in [5.41, 5.74) is 2.57. The molecule has 0 saturated carbocycles. The Bertz CT molecular complexity index is 523. The highest BCUT2D eigenvalue weighted by Crippen LogP contribution is 2.13. The second kappa shape index (κ2) is 8.50. The molecule has 0 aliphatic heterocycles. The van der Waals surface area contributed by atoms with Crippen molar-refractivity contribution in [1.82, 2.24) is 4.90 Å². The standard InChI is InChI=1S/C20H25NO/c1-3-20(22)17(2)14-21(15-18-10-6-4-7-11-18)16-19-12-8-5-9-13-19/h4-13,17H,3,14-16H2,1-2H3. The molecule has 1 unspecified atom stereocenters. The lowest BCUT2D eigenvalue weighted by molar-refractivity contribution is -0.122. The molecule has 0 bridgehead atoms. The maximum atomic E-state index is 11.9. The molecule has 2 rings (SSSR count). The smallest absolute Gasteiger partial charge is 0.136 e. The van der Waals surface area contributed by atoms with Crippen LogP contribution in [0, 0.1) is 5.92 Å². The van der Waals surface area contributed by atoms with Crippen molar-refractivity contribution in [3.8, 4) is 0 Å². The first kappa shape index (κ1) is 16.4. The molecule has 1 atom stereocenters. The van der Waals surface area contributed by atoms with E-state index in [9.17, 15) is 4.79 Å². The van der Waals surface area contributed by atoms with Crippen LogP contribution in [0.3, 0.4) is 0 Å². The molecule has 2 nitrogen and oxygen atoms in total. The number of rotatable bonds is 8. The van der Waals surface area contributed by atoms with E-state index in [1.807, 2.05) is 26.0 Å². The van der Waals surface area contributed by atoms with Crippen LogP contribution in [0.2, 0.25) is 0 Å². The molecule has 116 valence electrons. The van der Waals surface area contributed by atoms with Gasteiger partial charge in [-0.2, -0.15) is 0 Å². The van der Waals surface area contributed by atoms with E-state index in [-0.39, 0.29) is 5.92 Å². The number of nitrogens with zero attached hydrogens (tertiary/aromatic N) is 1. The third kappa shape index (κ3) is 5.12. The fourth-order valence-corrected chi connectivity index (χ4v) is 2.71. The number of benzene rings is 2. The topological polar surface area (TPSA) is 20.3 Å². The Kier molecular flexibility index (Phi) is 6.35. The summed E-state index contributed by atoms with van der Waals surface area (Å²) in [6, 6.07) is 20.9. The minimum atomic E-state index is 0.0809. The highest BCUT2D eigenvalue weighted by Gasteiger charge is 2.16. The Hall–Kier alpha value is -1.93. The van der Waals surface area contributed by atoms with Crippen LogP contribution in [0.1, 0.15) is 31.4 Å². The predicted molar refractivity (Wildman–Crippen MR) is 91.5 cm³/mol. The number of carbonyl (C=O) groups is 1. The number of hydrogen-bond donors (Lipinski definition) is 0. The van der Waals surface area contributed by atoms with Crippen molar-refractivity contribution in [1.29, 1.82) is 0 Å². The van der Waals surface area contributed by atoms with E-state index >= 15 is 0 Å². The van der Waals surface area contributed by atoms with Gasteiger partial charge in [-0.1, -0.05) is 74.5 Å². The molecule has 0 amide bonds. The molecular formula is C20H25NO. The first-order valence-electron chi connectivity index (χ1n) is 8.02. The lowest BCUT2D eigenvalue weighted by Gasteiger charge is -2.25. The Morgan fingerprint density at radius 1 is 0.909 bits per heavy atom. The number of ketones is 1. The van der Waals surface area contributed by atoms with Crippen molar-refractivity contribution in [2.45, 2.75) is 33.4 Å². The van der Waals surface area contributed by atoms with Gasteiger partial charge in [-0.05, 0) is 11.1 Å². The molecule has 0 aromatic heterocycles. The summed E-state index contributed by atoms with van der Waals surface area (Å²) < 4.78 is 0. The van der Waals surface area contributed by atoms with Crippen LogP contribution in [-0.4, -0.2) is 17.2 Å². The first-order valence-corrected chi connectivity index (χ1v) is 8.02. The predicted octanol–water partition coefficient (Wildman–Crippen LogP) is 4.30. The Balaban J connectivity index is 2.07. The van der Waals surface area contributed by atoms with E-state index in [1.54, 1.807) is 0 Å². The lowest BCUT2D eigenvalue weighted by Crippen LogP contribution is -2.31. The molecule has 0 radical (unpaired) electrons. The molecule has 22 heavy (non-hydrogen) atoms. The van der Waals surface area contributed by atoms with Gasteiger partial charge in [0.05, 0.1) is 0 Å². The first-order chi connectivity index (χ1) is 10.7. The highest BCUT2D eigenvalue weighted by atomic mass is 16.1. The zero-order chi connectivity index (χ0) is 15.8. The van der Waals surface area contributed by atoms with Gasteiger partial charge in [0.15, 0.2) is 0 Å². The highest BCUT2D eigenvalue weighted by molar-refractivity contribution is 5.80. The summed E-state index contributed by atoms with van der Waals surface area (Å²) in [6.45, 7) is 6.52. The van der Waals surface area contributed by atoms with Gasteiger partial charge in [-0.3, -0.25) is 9.69 Å². The fourth-order valence-electron chi connectivity index (χ4n) is 2.71. The molecule has 0 N–H and O–H groups in total. The van der Waals surface area contributed by atoms with Crippen molar-refractivity contribution in [3.05, 3.63) is 71.8 Å². The summed E-state index contributed by atoms with van der Waals surface area (Å²) in [5.74, 6) is 0.420. The maximum absolute atomic E-state index is 11.9. The van der Waals surface area contributed by atoms with Crippen LogP contribution in [-0.2, 0) is 17.9 Å². The minimum absolute atomic E-state index is 0.0809. The Labute approximate surface area is 133 Å². The maximum Gasteiger partial charge on any atom is 0.136 e. The van der Waals surface area contributed by atoms with E-state index in [0.717, 1.165) is 19.6 Å². The van der Waals surface area contributed by atoms with Crippen LogP contribution in [0.25, 0.3) is 0 Å². The lowest BCUT2D eigenvalue weighted by atomic mass is 10.0. The average molecular weight is 295 g/mol. The Morgan fingerprint density at radius 3 is 1.77 bits per heavy atom. The summed E-state index contributed by atoms with van der Waals surface area (Å²) in [5, 5.41) is 0. The second-order valence-corrected chi connectivity index (χ2v) is 5.86. The summed E-state index contributed by atoms with van der Waals surface area (Å²) in [6.07, 6.45) is 0.617. The van der Waals surface area contributed by atoms with Crippen LogP contribution in [0.5, 0.6) is 0 Å². The van der Waals surface area contributed by atoms with Crippen LogP contribution >= 0.6 is 0 Å². The van der Waals surface area contributed by atoms with Gasteiger partial charge in [0.25, 0.3) is 0 Å². The zero-order valence-corrected chi connectivity index (χ0v) is 13.5. The molecule has 2 aromatic carbocycles. The summed E-state index contributed by atoms with van der Waals surface area (Å²) >= 11 is 0. The number of carbonyl (C=O) groups excluding carboxylic acids is 1. The van der Waals surface area contributed by atoms with Gasteiger partial charge in [-0.15, -0.1) is 0 Å². The van der Waals surface area contributed by atoms with E-state index < -0.39 is 0 Å². The largest absolute Gasteiger partial charge is 0.299 e. The fraction of sp³-hybridized carbons (Fsp3) is 0.350. The zero-order valence-electron chi connectivity index (χ0n) is 13.5. The molecule has 0 heterocycles. The van der Waals surface area contributed by atoms with E-state index in [4.69, 9.17) is 0 Å². The van der Waals surface area contributed by atoms with Gasteiger partial charge < -0.3 is 0 Å². The van der Waals surface area contributed by atoms with Crippen LogP contribution in [0.15, 0.2) is 60.7 Å². The summed E-state index contributed by atoms with van der Waals surface area (Å²) in [7, 11) is 0. The normalized spacial score (nSPS) is 12.3. The van der Waals surface area contributed by atoms with Crippen LogP contribution in [0.4, 0.5) is 0 Å². The van der Waals surface area contributed by atoms with E-state index in [2.05, 4.69) is 53.4 Å². The van der Waals surface area contributed by atoms with E-state index in [1.165, 1.54) is 11.1 Å². The van der Waals surface area contributed by atoms with Crippen molar-refractivity contribution >= 4 is 5.78 Å². The van der Waals surface area contributed by atoms with Crippen molar-refractivity contribution in [2.75, 3.05) is 6.54 Å².